The molecule has 0 saturated heterocycles. The summed E-state index contributed by atoms with van der Waals surface area (Å²) >= 11 is 0. The van der Waals surface area contributed by atoms with Gasteiger partial charge in [0.2, 0.25) is 0 Å². The number of rotatable bonds is 10. The van der Waals surface area contributed by atoms with Crippen molar-refractivity contribution in [3.63, 3.8) is 0 Å². The van der Waals surface area contributed by atoms with Crippen LogP contribution >= 0.6 is 0 Å². The third-order valence-corrected chi connectivity index (χ3v) is 17.4. The fourth-order valence-electron chi connectivity index (χ4n) is 12.6. The number of hydrogen-bond acceptors (Lipinski definition) is 10. The molecule has 0 fully saturated rings. The summed E-state index contributed by atoms with van der Waals surface area (Å²) < 4.78 is 0. The molecule has 0 radical (unpaired) electrons. The van der Waals surface area contributed by atoms with E-state index in [1.165, 1.54) is 44.5 Å². The monoisotopic (exact) mass is 1160 g/mol. The maximum absolute atomic E-state index is 4.98. The summed E-state index contributed by atoms with van der Waals surface area (Å²) in [5.41, 5.74) is 23.9. The van der Waals surface area contributed by atoms with Crippen LogP contribution in [-0.4, -0.2) is 49.8 Å². The van der Waals surface area contributed by atoms with E-state index in [-0.39, 0.29) is 10.8 Å². The Morgan fingerprint density at radius 1 is 0.222 bits per heavy atom. The number of benzene rings is 8. The molecular formula is C80H58N10. The summed E-state index contributed by atoms with van der Waals surface area (Å²) in [6, 6.07) is 83.5. The molecule has 0 aliphatic heterocycles. The van der Waals surface area contributed by atoms with E-state index in [9.17, 15) is 0 Å². The molecule has 0 saturated carbocycles. The number of pyridine rings is 4. The van der Waals surface area contributed by atoms with Gasteiger partial charge in [-0.3, -0.25) is 19.9 Å². The lowest BCUT2D eigenvalue weighted by atomic mass is 9.82. The van der Waals surface area contributed by atoms with E-state index in [1.54, 1.807) is 18.6 Å². The van der Waals surface area contributed by atoms with Gasteiger partial charge in [-0.15, -0.1) is 0 Å². The average molecular weight is 1160 g/mol. The zero-order chi connectivity index (χ0) is 60.8. The maximum Gasteiger partial charge on any atom is 0.164 e. The van der Waals surface area contributed by atoms with Crippen molar-refractivity contribution < 1.29 is 0 Å². The smallest absolute Gasteiger partial charge is 0.164 e. The van der Waals surface area contributed by atoms with E-state index in [0.29, 0.717) is 34.9 Å². The highest BCUT2D eigenvalue weighted by Crippen LogP contribution is 2.52. The van der Waals surface area contributed by atoms with Crippen LogP contribution in [0, 0.1) is 0 Å². The predicted molar refractivity (Wildman–Crippen MR) is 360 cm³/mol. The standard InChI is InChI=1S/2C40H29N5/c1-40(2)34-18-15-28(30-17-20-36(42-25-30)31-14-9-21-41-24-31)22-32(34)33-23-29(16-19-35(33)40)39-44-37(26-10-5-3-6-11-26)43-38(45-39)27-12-7-4-8-13-27;1-40(2)34-16-13-29(31-15-18-36(42-25-31)26-19-21-41-22-20-26)23-32(34)33-24-30(14-17-35(33)40)39-44-37(27-9-5-3-6-10-27)43-38(45-39)28-11-7-4-8-12-28/h2*3-25H,1-2H3. The summed E-state index contributed by atoms with van der Waals surface area (Å²) in [6.45, 7) is 9.19. The van der Waals surface area contributed by atoms with Gasteiger partial charge in [0.15, 0.2) is 34.9 Å². The molecule has 0 spiro atoms. The zero-order valence-electron chi connectivity index (χ0n) is 50.0. The van der Waals surface area contributed by atoms with E-state index in [2.05, 4.69) is 135 Å². The minimum Gasteiger partial charge on any atom is -0.265 e. The molecule has 90 heavy (non-hydrogen) atoms. The molecule has 10 heteroatoms. The van der Waals surface area contributed by atoms with Gasteiger partial charge in [-0.2, -0.15) is 0 Å². The van der Waals surface area contributed by atoms with E-state index in [4.69, 9.17) is 39.9 Å². The van der Waals surface area contributed by atoms with E-state index in [1.807, 2.05) is 164 Å². The number of hydrogen-bond donors (Lipinski definition) is 0. The Morgan fingerprint density at radius 3 is 0.867 bits per heavy atom. The molecule has 0 N–H and O–H groups in total. The fraction of sp³-hybridized carbons (Fsp3) is 0.0750. The predicted octanol–water partition coefficient (Wildman–Crippen LogP) is 18.6. The van der Waals surface area contributed by atoms with Gasteiger partial charge in [0.05, 0.1) is 11.4 Å². The Labute approximate surface area is 523 Å². The van der Waals surface area contributed by atoms with Crippen LogP contribution in [0.2, 0.25) is 0 Å². The van der Waals surface area contributed by atoms with Gasteiger partial charge in [0.25, 0.3) is 0 Å². The second-order valence-corrected chi connectivity index (χ2v) is 23.7. The van der Waals surface area contributed by atoms with E-state index < -0.39 is 0 Å². The van der Waals surface area contributed by atoms with Crippen LogP contribution in [0.15, 0.2) is 280 Å². The zero-order valence-corrected chi connectivity index (χ0v) is 50.0. The van der Waals surface area contributed by atoms with Gasteiger partial charge in [-0.1, -0.05) is 210 Å². The summed E-state index contributed by atoms with van der Waals surface area (Å²) in [5.74, 6) is 3.94. The molecule has 10 nitrogen and oxygen atoms in total. The highest BCUT2D eigenvalue weighted by molar-refractivity contribution is 5.89. The largest absolute Gasteiger partial charge is 0.265 e. The lowest BCUT2D eigenvalue weighted by Crippen LogP contribution is -2.14. The van der Waals surface area contributed by atoms with Gasteiger partial charge >= 0.3 is 0 Å². The van der Waals surface area contributed by atoms with Crippen molar-refractivity contribution in [1.29, 1.82) is 0 Å². The third-order valence-electron chi connectivity index (χ3n) is 17.4. The fourth-order valence-corrected chi connectivity index (χ4v) is 12.6. The molecule has 0 amide bonds. The number of nitrogens with zero attached hydrogens (tertiary/aromatic N) is 10. The van der Waals surface area contributed by atoms with Crippen molar-refractivity contribution in [2.45, 2.75) is 38.5 Å². The quantitative estimate of drug-likeness (QED) is 0.130. The van der Waals surface area contributed by atoms with Crippen molar-refractivity contribution in [3.05, 3.63) is 302 Å². The Morgan fingerprint density at radius 2 is 0.533 bits per heavy atom. The van der Waals surface area contributed by atoms with Crippen LogP contribution in [0.5, 0.6) is 0 Å². The molecule has 6 heterocycles. The van der Waals surface area contributed by atoms with Gasteiger partial charge < -0.3 is 0 Å². The van der Waals surface area contributed by atoms with Gasteiger partial charge in [-0.05, 0) is 116 Å². The van der Waals surface area contributed by atoms with Crippen LogP contribution in [0.25, 0.3) is 135 Å². The normalized spacial score (nSPS) is 12.8. The van der Waals surface area contributed by atoms with Crippen molar-refractivity contribution in [2.24, 2.45) is 0 Å². The molecule has 0 atom stereocenters. The Kier molecular flexibility index (Phi) is 14.0. The third kappa shape index (κ3) is 10.4. The Bertz CT molecular complexity index is 4520. The molecule has 2 aliphatic rings. The topological polar surface area (TPSA) is 129 Å². The summed E-state index contributed by atoms with van der Waals surface area (Å²) in [5, 5.41) is 0. The molecular weight excluding hydrogens is 1100 g/mol. The number of aromatic nitrogens is 10. The summed E-state index contributed by atoms with van der Waals surface area (Å²) in [7, 11) is 0. The van der Waals surface area contributed by atoms with Gasteiger partial charge in [0, 0.05) is 104 Å². The minimum absolute atomic E-state index is 0.130. The molecule has 428 valence electrons. The second kappa shape index (κ2) is 22.9. The average Bonchev–Trinajstić information content (AvgIpc) is 1.75. The first-order chi connectivity index (χ1) is 44.1. The van der Waals surface area contributed by atoms with Gasteiger partial charge in [-0.25, -0.2) is 29.9 Å². The first kappa shape index (κ1) is 55.0. The van der Waals surface area contributed by atoms with Crippen LogP contribution in [-0.2, 0) is 10.8 Å². The molecule has 0 bridgehead atoms. The minimum atomic E-state index is -0.131. The van der Waals surface area contributed by atoms with Crippen molar-refractivity contribution in [2.75, 3.05) is 0 Å². The molecule has 14 aromatic rings. The van der Waals surface area contributed by atoms with Crippen LogP contribution in [0.1, 0.15) is 49.9 Å². The Hall–Kier alpha value is -11.6. The van der Waals surface area contributed by atoms with E-state index >= 15 is 0 Å². The first-order valence-electron chi connectivity index (χ1n) is 30.2. The molecule has 0 unspecified atom stereocenters. The van der Waals surface area contributed by atoms with Crippen LogP contribution in [0.4, 0.5) is 0 Å². The van der Waals surface area contributed by atoms with Gasteiger partial charge in [0.1, 0.15) is 0 Å². The highest BCUT2D eigenvalue weighted by atomic mass is 15.0. The molecule has 16 rings (SSSR count). The van der Waals surface area contributed by atoms with Crippen LogP contribution < -0.4 is 0 Å². The molecule has 8 aromatic carbocycles. The maximum atomic E-state index is 4.98. The van der Waals surface area contributed by atoms with Crippen molar-refractivity contribution >= 4 is 0 Å². The van der Waals surface area contributed by atoms with Crippen LogP contribution in [0.3, 0.4) is 0 Å². The molecule has 6 aromatic heterocycles. The molecule has 2 aliphatic carbocycles. The van der Waals surface area contributed by atoms with Crippen molar-refractivity contribution in [3.8, 4) is 135 Å². The van der Waals surface area contributed by atoms with Crippen molar-refractivity contribution in [1.82, 2.24) is 49.8 Å². The summed E-state index contributed by atoms with van der Waals surface area (Å²) in [4.78, 5) is 47.5. The second-order valence-electron chi connectivity index (χ2n) is 23.7. The first-order valence-corrected chi connectivity index (χ1v) is 30.2. The number of fused-ring (bicyclic) bond motifs is 6. The summed E-state index contributed by atoms with van der Waals surface area (Å²) in [6.07, 6.45) is 11.1. The highest BCUT2D eigenvalue weighted by Gasteiger charge is 2.37. The lowest BCUT2D eigenvalue weighted by molar-refractivity contribution is 0.660. The SMILES string of the molecule is CC1(C)c2ccc(-c3ccc(-c4cccnc4)nc3)cc2-c2cc(-c3nc(-c4ccccc4)nc(-c4ccccc4)n3)ccc21.CC1(C)c2ccc(-c3ccc(-c4ccncc4)nc3)cc2-c2cc(-c3nc(-c4ccccc4)nc(-c4ccccc4)n3)ccc21. The lowest BCUT2D eigenvalue weighted by Gasteiger charge is -2.21. The Balaban J connectivity index is 0.000000150. The van der Waals surface area contributed by atoms with E-state index in [0.717, 1.165) is 78.1 Å².